The van der Waals surface area contributed by atoms with Crippen molar-refractivity contribution in [2.75, 3.05) is 13.2 Å². The standard InChI is InChI=1S/C32H44N2O10.C28H41NO8.C4H5NO3/c1-19(7-10-27-20(2)14-26(22(4)42-27)33-28(36)11-8-21(3)41-23(5)35)6-9-24-16-32(18-40-32)17-25(43-24)15-31(39)44-34-29(37)12-13-30(34)38;1-17(6-9-22-14-28(16-34-28)15-23(37-22)13-27(32)33)7-10-25-18(2)12-24(20(4)36-25)29-26(31)11-8-19(3)35-21(5)30;6-3-1-2-4(7)5(3)8/h6-9,11,20-22,24-27H,10,12-18H2,1-5H3,(H,33,36);6-9,11,18-20,22-25H,10,12-16H2,1-5H3,(H,29,31)(H,32,33);8H,1-2H2/b9-6+,11-8-,19-7+;9-6+,11-8-,17-7+;/t20-,21-,22+,24+,25+,26+,27-,32+;18-,19-,20+,22+,23+,24+,25-,28+;/m00./s1. The summed E-state index contributed by atoms with van der Waals surface area (Å²) in [6.45, 7) is 19.5. The smallest absolute Gasteiger partial charge is 0.335 e. The van der Waals surface area contributed by atoms with Gasteiger partial charge in [-0.15, -0.1) is 5.06 Å². The van der Waals surface area contributed by atoms with E-state index >= 15 is 0 Å². The van der Waals surface area contributed by atoms with E-state index in [0.29, 0.717) is 44.0 Å². The summed E-state index contributed by atoms with van der Waals surface area (Å²) in [5.41, 5.74) is 1.59. The predicted molar refractivity (Wildman–Crippen MR) is 316 cm³/mol. The van der Waals surface area contributed by atoms with Crippen molar-refractivity contribution >= 4 is 59.3 Å². The molecule has 8 rings (SSSR count). The Bertz CT molecular complexity index is 2730. The molecule has 0 aromatic heterocycles. The fraction of sp³-hybridized carbons (Fsp3) is 0.656. The number of hydroxylamine groups is 4. The summed E-state index contributed by atoms with van der Waals surface area (Å²) in [5.74, 6) is -4.38. The summed E-state index contributed by atoms with van der Waals surface area (Å²) in [5, 5.41) is 24.2. The van der Waals surface area contributed by atoms with Crippen molar-refractivity contribution in [3.05, 3.63) is 71.9 Å². The van der Waals surface area contributed by atoms with Gasteiger partial charge in [-0.2, -0.15) is 5.06 Å². The number of aliphatic carboxylic acids is 1. The molecule has 0 saturated carbocycles. The van der Waals surface area contributed by atoms with Crippen LogP contribution in [-0.4, -0.2) is 177 Å². The summed E-state index contributed by atoms with van der Waals surface area (Å²) >= 11 is 0. The van der Waals surface area contributed by atoms with Crippen LogP contribution in [0, 0.1) is 11.8 Å². The topological polar surface area (TPSA) is 331 Å². The van der Waals surface area contributed by atoms with E-state index in [1.807, 2.05) is 52.0 Å². The van der Waals surface area contributed by atoms with Crippen molar-refractivity contribution in [3.63, 3.8) is 0 Å². The van der Waals surface area contributed by atoms with Crippen LogP contribution in [0.5, 0.6) is 0 Å². The normalized spacial score (nSPS) is 32.8. The number of hydrogen-bond acceptors (Lipinski definition) is 20. The molecule has 0 aromatic carbocycles. The number of amides is 6. The van der Waals surface area contributed by atoms with Gasteiger partial charge < -0.3 is 58.5 Å². The Hall–Kier alpha value is -6.74. The molecule has 8 heterocycles. The molecular formula is C64H90N4O21. The van der Waals surface area contributed by atoms with E-state index < -0.39 is 59.8 Å². The Balaban J connectivity index is 0.000000254. The number of hydrogen-bond donors (Lipinski definition) is 4. The summed E-state index contributed by atoms with van der Waals surface area (Å²) in [6.07, 6.45) is 21.7. The predicted octanol–water partition coefficient (Wildman–Crippen LogP) is 6.00. The number of nitrogens with zero attached hydrogens (tertiary/aromatic N) is 2. The van der Waals surface area contributed by atoms with E-state index in [4.69, 9.17) is 53.0 Å². The number of carboxylic acids is 1. The first kappa shape index (κ1) is 71.3. The number of imide groups is 2. The number of epoxide rings is 2. The van der Waals surface area contributed by atoms with Gasteiger partial charge >= 0.3 is 23.9 Å². The van der Waals surface area contributed by atoms with Crippen LogP contribution in [0.4, 0.5) is 0 Å². The third-order valence-electron chi connectivity index (χ3n) is 16.5. The van der Waals surface area contributed by atoms with Gasteiger partial charge in [0, 0.05) is 77.4 Å². The summed E-state index contributed by atoms with van der Waals surface area (Å²) in [7, 11) is 0. The van der Waals surface area contributed by atoms with Crippen molar-refractivity contribution in [1.29, 1.82) is 0 Å². The monoisotopic (exact) mass is 1250 g/mol. The first-order chi connectivity index (χ1) is 42.0. The molecule has 8 fully saturated rings. The number of carbonyl (C=O) groups excluding carboxylic acids is 9. The molecule has 0 aromatic rings. The minimum absolute atomic E-state index is 0.000130. The average Bonchev–Trinajstić information content (AvgIpc) is 1.74. The highest BCUT2D eigenvalue weighted by Gasteiger charge is 2.53. The van der Waals surface area contributed by atoms with E-state index in [1.165, 1.54) is 26.0 Å². The maximum absolute atomic E-state index is 12.4. The first-order valence-corrected chi connectivity index (χ1v) is 30.7. The molecule has 6 amide bonds. The van der Waals surface area contributed by atoms with E-state index in [-0.39, 0.29) is 139 Å². The second-order valence-electron chi connectivity index (χ2n) is 24.6. The molecule has 16 atom stereocenters. The fourth-order valence-corrected chi connectivity index (χ4v) is 11.5. The van der Waals surface area contributed by atoms with Gasteiger partial charge in [0.2, 0.25) is 11.8 Å². The molecule has 492 valence electrons. The number of carboxylic acid groups (broad SMARTS) is 1. The Labute approximate surface area is 519 Å². The van der Waals surface area contributed by atoms with Gasteiger partial charge in [0.1, 0.15) is 12.2 Å². The van der Waals surface area contributed by atoms with Crippen LogP contribution in [0.1, 0.15) is 159 Å². The maximum atomic E-state index is 12.4. The van der Waals surface area contributed by atoms with Crippen LogP contribution in [-0.2, 0) is 90.7 Å². The number of rotatable bonds is 21. The molecule has 8 aliphatic rings. The lowest BCUT2D eigenvalue weighted by atomic mass is 9.88. The van der Waals surface area contributed by atoms with Crippen LogP contribution < -0.4 is 10.6 Å². The molecule has 0 unspecified atom stereocenters. The van der Waals surface area contributed by atoms with Gasteiger partial charge in [0.05, 0.1) is 98.2 Å². The van der Waals surface area contributed by atoms with Gasteiger partial charge in [-0.1, -0.05) is 61.4 Å². The third kappa shape index (κ3) is 23.5. The lowest BCUT2D eigenvalue weighted by Crippen LogP contribution is -2.50. The summed E-state index contributed by atoms with van der Waals surface area (Å²) in [4.78, 5) is 119. The quantitative estimate of drug-likeness (QED) is 0.0256. The average molecular weight is 1250 g/mol. The molecule has 4 N–H and O–H groups in total. The summed E-state index contributed by atoms with van der Waals surface area (Å²) in [6, 6.07) is -0.231. The molecule has 25 heteroatoms. The maximum Gasteiger partial charge on any atom is 0.335 e. The second kappa shape index (κ2) is 32.8. The van der Waals surface area contributed by atoms with E-state index in [1.54, 1.807) is 26.0 Å². The number of nitrogens with one attached hydrogen (secondary N) is 2. The van der Waals surface area contributed by atoms with Crippen molar-refractivity contribution in [2.24, 2.45) is 11.8 Å². The Kier molecular flexibility index (Phi) is 26.3. The molecular weight excluding hydrogens is 1160 g/mol. The minimum atomic E-state index is -0.857. The zero-order chi connectivity index (χ0) is 65.3. The highest BCUT2D eigenvalue weighted by Crippen LogP contribution is 2.44. The van der Waals surface area contributed by atoms with Gasteiger partial charge in [-0.3, -0.25) is 48.4 Å². The molecule has 89 heavy (non-hydrogen) atoms. The number of ether oxygens (including phenoxy) is 8. The molecule has 8 saturated heterocycles. The van der Waals surface area contributed by atoms with Crippen LogP contribution in [0.25, 0.3) is 0 Å². The zero-order valence-electron chi connectivity index (χ0n) is 52.7. The largest absolute Gasteiger partial charge is 0.481 e. The SMILES string of the molecule is CC(=O)O[C@@H](C)/C=C\C(=O)N[C@@H]1C[C@H](C)[C@H](C/C=C(C)/C=C/[C@@H]2C[C@]3(CO3)C[C@@H](CC(=O)O)O2)O[C@@H]1C.CC(=O)O[C@@H](C)/C=C\C(=O)N[C@@H]1C[C@H](C)[C@H](C/C=C(C)/C=C/[C@@H]2C[C@]3(CO3)C[C@@H](CC(=O)ON3C(=O)CCC3=O)O2)O[C@@H]1C.O=C1CCC(=O)N1O. The number of carbonyl (C=O) groups is 10. The van der Waals surface area contributed by atoms with Gasteiger partial charge in [0.15, 0.2) is 0 Å². The molecule has 2 spiro atoms. The van der Waals surface area contributed by atoms with Crippen LogP contribution in [0.2, 0.25) is 0 Å². The van der Waals surface area contributed by atoms with Gasteiger partial charge in [-0.05, 0) is 91.2 Å². The fourth-order valence-electron chi connectivity index (χ4n) is 11.5. The van der Waals surface area contributed by atoms with Crippen molar-refractivity contribution in [2.45, 2.75) is 243 Å². The Morgan fingerprint density at radius 1 is 0.596 bits per heavy atom. The molecule has 0 radical (unpaired) electrons. The van der Waals surface area contributed by atoms with E-state index in [0.717, 1.165) is 36.8 Å². The van der Waals surface area contributed by atoms with Gasteiger partial charge in [0.25, 0.3) is 23.6 Å². The number of esters is 2. The first-order valence-electron chi connectivity index (χ1n) is 30.7. The van der Waals surface area contributed by atoms with E-state index in [9.17, 15) is 47.9 Å². The Morgan fingerprint density at radius 2 is 0.989 bits per heavy atom. The van der Waals surface area contributed by atoms with Crippen molar-refractivity contribution in [1.82, 2.24) is 20.8 Å². The highest BCUT2D eigenvalue weighted by atomic mass is 16.7. The summed E-state index contributed by atoms with van der Waals surface area (Å²) < 4.78 is 46.0. The van der Waals surface area contributed by atoms with Crippen LogP contribution in [0.3, 0.4) is 0 Å². The van der Waals surface area contributed by atoms with Crippen molar-refractivity contribution in [3.8, 4) is 0 Å². The highest BCUT2D eigenvalue weighted by molar-refractivity contribution is 6.01. The van der Waals surface area contributed by atoms with Gasteiger partial charge in [-0.25, -0.2) is 4.79 Å². The molecule has 8 aliphatic heterocycles. The number of allylic oxidation sites excluding steroid dienone is 4. The lowest BCUT2D eigenvalue weighted by Gasteiger charge is -2.39. The molecule has 0 bridgehead atoms. The van der Waals surface area contributed by atoms with Crippen LogP contribution >= 0.6 is 0 Å². The third-order valence-corrected chi connectivity index (χ3v) is 16.5. The minimum Gasteiger partial charge on any atom is -0.481 e. The lowest BCUT2D eigenvalue weighted by molar-refractivity contribution is -0.200. The Morgan fingerprint density at radius 3 is 1.35 bits per heavy atom. The zero-order valence-corrected chi connectivity index (χ0v) is 52.7. The van der Waals surface area contributed by atoms with Crippen LogP contribution in [0.15, 0.2) is 71.9 Å². The molecule has 0 aliphatic carbocycles. The molecule has 25 nitrogen and oxygen atoms in total. The second-order valence-corrected chi connectivity index (χ2v) is 24.6. The van der Waals surface area contributed by atoms with E-state index in [2.05, 4.69) is 36.6 Å². The van der Waals surface area contributed by atoms with Crippen molar-refractivity contribution < 1.29 is 101 Å².